The lowest BCUT2D eigenvalue weighted by Crippen LogP contribution is -2.36. The van der Waals surface area contributed by atoms with Crippen LogP contribution in [0.2, 0.25) is 0 Å². The van der Waals surface area contributed by atoms with Crippen LogP contribution in [0.5, 0.6) is 0 Å². The summed E-state index contributed by atoms with van der Waals surface area (Å²) in [6.45, 7) is 0. The van der Waals surface area contributed by atoms with Crippen molar-refractivity contribution in [3.63, 3.8) is 0 Å². The molecule has 2 saturated heterocycles. The Kier molecular flexibility index (Phi) is 1.75. The number of fused-ring (bicyclic) bond motifs is 2. The molecule has 2 heterocycles. The number of carbonyl (C=O) groups excluding carboxylic acids is 2. The second-order valence-corrected chi connectivity index (χ2v) is 4.53. The van der Waals surface area contributed by atoms with Gasteiger partial charge >= 0.3 is 0 Å². The zero-order valence-corrected chi connectivity index (χ0v) is 7.02. The van der Waals surface area contributed by atoms with Gasteiger partial charge in [-0.15, -0.1) is 11.8 Å². The van der Waals surface area contributed by atoms with E-state index in [2.05, 4.69) is 0 Å². The van der Waals surface area contributed by atoms with Crippen LogP contribution in [0.25, 0.3) is 0 Å². The van der Waals surface area contributed by atoms with E-state index >= 15 is 0 Å². The molecule has 0 unspecified atom stereocenters. The van der Waals surface area contributed by atoms with E-state index in [1.807, 2.05) is 0 Å². The van der Waals surface area contributed by atoms with E-state index in [4.69, 9.17) is 0 Å². The van der Waals surface area contributed by atoms with Crippen molar-refractivity contribution < 1.29 is 9.59 Å². The molecule has 2 rings (SSSR count). The Balaban J connectivity index is 2.14. The Labute approximate surface area is 69.7 Å². The fourth-order valence-corrected chi connectivity index (χ4v) is 3.12. The molecule has 11 heavy (non-hydrogen) atoms. The summed E-state index contributed by atoms with van der Waals surface area (Å²) in [7, 11) is 0. The van der Waals surface area contributed by atoms with Gasteiger partial charge < -0.3 is 0 Å². The molecule has 0 aromatic heterocycles. The fourth-order valence-electron chi connectivity index (χ4n) is 1.68. The van der Waals surface area contributed by atoms with Gasteiger partial charge in [0.2, 0.25) is 0 Å². The Morgan fingerprint density at radius 3 is 1.91 bits per heavy atom. The van der Waals surface area contributed by atoms with E-state index in [1.54, 1.807) is 11.8 Å². The summed E-state index contributed by atoms with van der Waals surface area (Å²) in [5, 5.41) is 0.317. The third-order valence-corrected chi connectivity index (χ3v) is 4.01. The van der Waals surface area contributed by atoms with E-state index in [0.717, 1.165) is 12.8 Å². The Bertz CT molecular complexity index is 190. The van der Waals surface area contributed by atoms with Crippen LogP contribution in [0.1, 0.15) is 25.7 Å². The lowest BCUT2D eigenvalue weighted by atomic mass is 9.97. The van der Waals surface area contributed by atoms with Gasteiger partial charge in [0.25, 0.3) is 0 Å². The van der Waals surface area contributed by atoms with Gasteiger partial charge in [0.05, 0.1) is 10.5 Å². The lowest BCUT2D eigenvalue weighted by molar-refractivity contribution is -0.122. The molecular weight excluding hydrogens is 160 g/mol. The molecule has 3 heteroatoms. The van der Waals surface area contributed by atoms with Crippen LogP contribution in [0, 0.1) is 0 Å². The standard InChI is InChI=1S/C8H10O2S/c9-5-1-3-7-6(10)2-4-8(5)11-7/h7-8H,1-4H2/t7-,8+. The first kappa shape index (κ1) is 7.35. The highest BCUT2D eigenvalue weighted by Crippen LogP contribution is 2.37. The second-order valence-electron chi connectivity index (χ2n) is 3.12. The summed E-state index contributed by atoms with van der Waals surface area (Å²) in [5.74, 6) is 0.720. The van der Waals surface area contributed by atoms with Gasteiger partial charge in [-0.2, -0.15) is 0 Å². The monoisotopic (exact) mass is 170 g/mol. The van der Waals surface area contributed by atoms with Crippen LogP contribution in [0.4, 0.5) is 0 Å². The average Bonchev–Trinajstić information content (AvgIpc) is 2.02. The summed E-state index contributed by atoms with van der Waals surface area (Å²) in [6, 6.07) is 0. The minimum Gasteiger partial charge on any atom is -0.298 e. The van der Waals surface area contributed by atoms with E-state index in [1.165, 1.54) is 0 Å². The topological polar surface area (TPSA) is 34.1 Å². The average molecular weight is 170 g/mol. The van der Waals surface area contributed by atoms with Crippen LogP contribution in [-0.2, 0) is 9.59 Å². The van der Waals surface area contributed by atoms with Crippen molar-refractivity contribution in [3.8, 4) is 0 Å². The van der Waals surface area contributed by atoms with Gasteiger partial charge in [0.1, 0.15) is 11.6 Å². The van der Waals surface area contributed by atoms with E-state index in [-0.39, 0.29) is 10.5 Å². The Hall–Kier alpha value is -0.310. The van der Waals surface area contributed by atoms with Crippen molar-refractivity contribution in [2.45, 2.75) is 36.2 Å². The van der Waals surface area contributed by atoms with E-state index in [9.17, 15) is 9.59 Å². The molecule has 0 amide bonds. The van der Waals surface area contributed by atoms with Crippen molar-refractivity contribution >= 4 is 23.3 Å². The molecule has 0 aromatic carbocycles. The first-order valence-electron chi connectivity index (χ1n) is 3.98. The first-order chi connectivity index (χ1) is 5.27. The fraction of sp³-hybridized carbons (Fsp3) is 0.750. The van der Waals surface area contributed by atoms with Crippen molar-refractivity contribution in [2.24, 2.45) is 0 Å². The number of Topliss-reactive ketones (excluding diaryl/α,β-unsaturated/α-hetero) is 2. The largest absolute Gasteiger partial charge is 0.298 e. The maximum atomic E-state index is 11.2. The van der Waals surface area contributed by atoms with Gasteiger partial charge in [-0.3, -0.25) is 9.59 Å². The number of hydrogen-bond acceptors (Lipinski definition) is 3. The molecule has 2 bridgehead atoms. The Morgan fingerprint density at radius 2 is 1.45 bits per heavy atom. The van der Waals surface area contributed by atoms with Crippen molar-refractivity contribution in [2.75, 3.05) is 0 Å². The SMILES string of the molecule is O=C1CC[C@H]2S[C@H]1CCC2=O. The van der Waals surface area contributed by atoms with Gasteiger partial charge in [-0.25, -0.2) is 0 Å². The van der Waals surface area contributed by atoms with E-state index < -0.39 is 0 Å². The molecule has 2 nitrogen and oxygen atoms in total. The minimum atomic E-state index is 0.159. The maximum absolute atomic E-state index is 11.2. The first-order valence-corrected chi connectivity index (χ1v) is 4.92. The zero-order chi connectivity index (χ0) is 7.84. The summed E-state index contributed by atoms with van der Waals surface area (Å²) in [5.41, 5.74) is 0. The maximum Gasteiger partial charge on any atom is 0.145 e. The molecule has 0 saturated carbocycles. The molecular formula is C8H10O2S. The molecule has 0 aliphatic carbocycles. The van der Waals surface area contributed by atoms with Crippen molar-refractivity contribution in [1.82, 2.24) is 0 Å². The molecule has 2 aliphatic rings. The van der Waals surface area contributed by atoms with Crippen LogP contribution in [-0.4, -0.2) is 22.1 Å². The molecule has 0 radical (unpaired) electrons. The van der Waals surface area contributed by atoms with Crippen LogP contribution in [0.3, 0.4) is 0 Å². The van der Waals surface area contributed by atoms with Gasteiger partial charge in [-0.05, 0) is 12.8 Å². The molecule has 2 aliphatic heterocycles. The highest BCUT2D eigenvalue weighted by Gasteiger charge is 2.36. The number of rotatable bonds is 0. The van der Waals surface area contributed by atoms with Crippen molar-refractivity contribution in [3.05, 3.63) is 0 Å². The molecule has 2 fully saturated rings. The third-order valence-electron chi connectivity index (χ3n) is 2.35. The number of ketones is 2. The lowest BCUT2D eigenvalue weighted by Gasteiger charge is -2.31. The Morgan fingerprint density at radius 1 is 1.00 bits per heavy atom. The predicted octanol–water partition coefficient (Wildman–Crippen LogP) is 1.18. The summed E-state index contributed by atoms with van der Waals surface area (Å²) in [6.07, 6.45) is 2.85. The molecule has 0 N–H and O–H groups in total. The molecule has 0 spiro atoms. The van der Waals surface area contributed by atoms with Crippen molar-refractivity contribution in [1.29, 1.82) is 0 Å². The molecule has 0 aromatic rings. The van der Waals surface area contributed by atoms with Gasteiger partial charge in [-0.1, -0.05) is 0 Å². The van der Waals surface area contributed by atoms with Crippen LogP contribution in [0.15, 0.2) is 0 Å². The van der Waals surface area contributed by atoms with Gasteiger partial charge in [0, 0.05) is 12.8 Å². The summed E-state index contributed by atoms with van der Waals surface area (Å²) in [4.78, 5) is 22.4. The second kappa shape index (κ2) is 2.63. The minimum absolute atomic E-state index is 0.159. The number of carbonyl (C=O) groups is 2. The molecule has 2 atom stereocenters. The summed E-state index contributed by atoms with van der Waals surface area (Å²) < 4.78 is 0. The predicted molar refractivity (Wildman–Crippen MR) is 43.6 cm³/mol. The zero-order valence-electron chi connectivity index (χ0n) is 6.21. The van der Waals surface area contributed by atoms with E-state index in [0.29, 0.717) is 24.4 Å². The number of thioether (sulfide) groups is 1. The smallest absolute Gasteiger partial charge is 0.145 e. The van der Waals surface area contributed by atoms with Crippen LogP contribution < -0.4 is 0 Å². The third kappa shape index (κ3) is 1.22. The number of hydrogen-bond donors (Lipinski definition) is 0. The normalized spacial score (nSPS) is 37.5. The summed E-state index contributed by atoms with van der Waals surface area (Å²) >= 11 is 1.59. The highest BCUT2D eigenvalue weighted by molar-refractivity contribution is 8.02. The highest BCUT2D eigenvalue weighted by atomic mass is 32.2. The quantitative estimate of drug-likeness (QED) is 0.547. The van der Waals surface area contributed by atoms with Gasteiger partial charge in [0.15, 0.2) is 0 Å². The molecule has 60 valence electrons. The van der Waals surface area contributed by atoms with Crippen LogP contribution >= 0.6 is 11.8 Å².